The van der Waals surface area contributed by atoms with Gasteiger partial charge in [0, 0.05) is 31.9 Å². The van der Waals surface area contributed by atoms with Crippen LogP contribution in [0.1, 0.15) is 31.9 Å². The maximum absolute atomic E-state index is 11.5. The summed E-state index contributed by atoms with van der Waals surface area (Å²) in [5, 5.41) is 0. The summed E-state index contributed by atoms with van der Waals surface area (Å²) in [7, 11) is -0.665. The third-order valence-electron chi connectivity index (χ3n) is 5.03. The van der Waals surface area contributed by atoms with E-state index >= 15 is 0 Å². The Hall–Kier alpha value is -2.18. The first kappa shape index (κ1) is 26.9. The van der Waals surface area contributed by atoms with Crippen molar-refractivity contribution in [3.63, 3.8) is 0 Å². The number of aryl methyl sites for hydroxylation is 1. The van der Waals surface area contributed by atoms with Crippen molar-refractivity contribution in [2.75, 3.05) is 43.1 Å². The van der Waals surface area contributed by atoms with Crippen LogP contribution in [0.4, 0.5) is 5.69 Å². The Bertz CT molecular complexity index is 823. The standard InChI is InChI=1S/C16H26N2O2S.C8H10.CH2O/c1-14(2)12-17(3)13-15-4-6-16(7-5-15)18-8-10-21(19,20)11-9-18;1-2-8-6-4-3-5-7-8;1-2/h4-7,14H,8-13H2,1-3H3;3-7H,2H2,1H3;1H2. The summed E-state index contributed by atoms with van der Waals surface area (Å²) in [6.45, 7) is 11.9. The van der Waals surface area contributed by atoms with Crippen LogP contribution in [0.2, 0.25) is 0 Å². The number of hydrogen-bond acceptors (Lipinski definition) is 5. The van der Waals surface area contributed by atoms with Crippen molar-refractivity contribution in [3.05, 3.63) is 65.7 Å². The molecule has 1 heterocycles. The lowest BCUT2D eigenvalue weighted by Gasteiger charge is -2.29. The number of carbonyl (C=O) groups is 1. The van der Waals surface area contributed by atoms with E-state index in [1.165, 1.54) is 11.1 Å². The molecule has 0 aromatic heterocycles. The maximum Gasteiger partial charge on any atom is 0.153 e. The molecule has 1 saturated heterocycles. The predicted octanol–water partition coefficient (Wildman–Crippen LogP) is 4.07. The molecule has 1 fully saturated rings. The van der Waals surface area contributed by atoms with Crippen LogP contribution in [0.3, 0.4) is 0 Å². The first-order valence-corrected chi connectivity index (χ1v) is 12.7. The third kappa shape index (κ3) is 10.6. The van der Waals surface area contributed by atoms with Crippen LogP contribution in [0.15, 0.2) is 54.6 Å². The molecule has 0 aliphatic carbocycles. The zero-order chi connectivity index (χ0) is 23.3. The lowest BCUT2D eigenvalue weighted by atomic mass is 10.1. The SMILES string of the molecule is C=O.CC(C)CN(C)Cc1ccc(N2CCS(=O)(=O)CC2)cc1.CCc1ccccc1. The third-order valence-corrected chi connectivity index (χ3v) is 6.64. The summed E-state index contributed by atoms with van der Waals surface area (Å²) in [6.07, 6.45) is 1.14. The van der Waals surface area contributed by atoms with Crippen molar-refractivity contribution in [1.82, 2.24) is 4.90 Å². The molecule has 0 unspecified atom stereocenters. The number of rotatable bonds is 6. The van der Waals surface area contributed by atoms with Gasteiger partial charge in [-0.25, -0.2) is 8.42 Å². The van der Waals surface area contributed by atoms with Crippen LogP contribution >= 0.6 is 0 Å². The van der Waals surface area contributed by atoms with Crippen molar-refractivity contribution in [3.8, 4) is 0 Å². The van der Waals surface area contributed by atoms with Gasteiger partial charge in [-0.3, -0.25) is 0 Å². The molecule has 0 atom stereocenters. The van der Waals surface area contributed by atoms with Gasteiger partial charge in [0.25, 0.3) is 0 Å². The molecule has 0 saturated carbocycles. The summed E-state index contributed by atoms with van der Waals surface area (Å²) in [5.41, 5.74) is 3.83. The van der Waals surface area contributed by atoms with Crippen molar-refractivity contribution in [1.29, 1.82) is 0 Å². The summed E-state index contributed by atoms with van der Waals surface area (Å²) < 4.78 is 22.9. The second-order valence-corrected chi connectivity index (χ2v) is 10.5. The van der Waals surface area contributed by atoms with Gasteiger partial charge in [-0.1, -0.05) is 63.2 Å². The fourth-order valence-corrected chi connectivity index (χ4v) is 4.70. The first-order chi connectivity index (χ1) is 14.8. The normalized spacial score (nSPS) is 15.0. The number of benzene rings is 2. The largest absolute Gasteiger partial charge is 0.369 e. The van der Waals surface area contributed by atoms with Gasteiger partial charge in [-0.2, -0.15) is 0 Å². The lowest BCUT2D eigenvalue weighted by Crippen LogP contribution is -2.40. The van der Waals surface area contributed by atoms with E-state index in [-0.39, 0.29) is 11.5 Å². The molecule has 6 heteroatoms. The fourth-order valence-electron chi connectivity index (χ4n) is 3.50. The average molecular weight is 447 g/mol. The van der Waals surface area contributed by atoms with E-state index in [1.54, 1.807) is 0 Å². The minimum atomic E-state index is -2.81. The van der Waals surface area contributed by atoms with Crippen LogP contribution in [0.5, 0.6) is 0 Å². The summed E-state index contributed by atoms with van der Waals surface area (Å²) in [4.78, 5) is 12.5. The molecular formula is C25H38N2O3S. The zero-order valence-electron chi connectivity index (χ0n) is 19.5. The highest BCUT2D eigenvalue weighted by Crippen LogP contribution is 2.18. The molecule has 3 rings (SSSR count). The molecule has 0 N–H and O–H groups in total. The van der Waals surface area contributed by atoms with Gasteiger partial charge < -0.3 is 14.6 Å². The summed E-state index contributed by atoms with van der Waals surface area (Å²) >= 11 is 0. The Balaban J connectivity index is 0.000000400. The highest BCUT2D eigenvalue weighted by molar-refractivity contribution is 7.91. The van der Waals surface area contributed by atoms with Crippen LogP contribution in [-0.2, 0) is 27.6 Å². The second-order valence-electron chi connectivity index (χ2n) is 8.24. The predicted molar refractivity (Wildman–Crippen MR) is 131 cm³/mol. The Morgan fingerprint density at radius 2 is 1.48 bits per heavy atom. The second kappa shape index (κ2) is 14.0. The van der Waals surface area contributed by atoms with Crippen molar-refractivity contribution in [2.24, 2.45) is 5.92 Å². The molecular weight excluding hydrogens is 408 g/mol. The van der Waals surface area contributed by atoms with Gasteiger partial charge in [0.2, 0.25) is 0 Å². The molecule has 5 nitrogen and oxygen atoms in total. The van der Waals surface area contributed by atoms with E-state index < -0.39 is 9.84 Å². The number of anilines is 1. The van der Waals surface area contributed by atoms with Gasteiger partial charge in [-0.05, 0) is 42.6 Å². The van der Waals surface area contributed by atoms with Crippen LogP contribution < -0.4 is 4.90 Å². The Morgan fingerprint density at radius 3 is 1.94 bits per heavy atom. The first-order valence-electron chi connectivity index (χ1n) is 10.8. The Labute approximate surface area is 189 Å². The van der Waals surface area contributed by atoms with Gasteiger partial charge in [0.15, 0.2) is 9.84 Å². The van der Waals surface area contributed by atoms with E-state index in [2.05, 4.69) is 86.1 Å². The van der Waals surface area contributed by atoms with Crippen LogP contribution in [0, 0.1) is 5.92 Å². The molecule has 0 amide bonds. The molecule has 172 valence electrons. The van der Waals surface area contributed by atoms with Gasteiger partial charge >= 0.3 is 0 Å². The minimum absolute atomic E-state index is 0.270. The van der Waals surface area contributed by atoms with Crippen LogP contribution in [0.25, 0.3) is 0 Å². The van der Waals surface area contributed by atoms with E-state index in [1.807, 2.05) is 12.9 Å². The van der Waals surface area contributed by atoms with Crippen molar-refractivity contribution < 1.29 is 13.2 Å². The summed E-state index contributed by atoms with van der Waals surface area (Å²) in [5.74, 6) is 1.21. The molecule has 0 spiro atoms. The quantitative estimate of drug-likeness (QED) is 0.669. The van der Waals surface area contributed by atoms with Crippen molar-refractivity contribution in [2.45, 2.75) is 33.7 Å². The van der Waals surface area contributed by atoms with Gasteiger partial charge in [0.05, 0.1) is 11.5 Å². The fraction of sp³-hybridized carbons (Fsp3) is 0.480. The van der Waals surface area contributed by atoms with E-state index in [0.29, 0.717) is 19.0 Å². The average Bonchev–Trinajstić information content (AvgIpc) is 2.76. The minimum Gasteiger partial charge on any atom is -0.369 e. The Morgan fingerprint density at radius 1 is 0.935 bits per heavy atom. The van der Waals surface area contributed by atoms with Gasteiger partial charge in [-0.15, -0.1) is 0 Å². The monoisotopic (exact) mass is 446 g/mol. The topological polar surface area (TPSA) is 57.7 Å². The summed E-state index contributed by atoms with van der Waals surface area (Å²) in [6, 6.07) is 19.0. The smallest absolute Gasteiger partial charge is 0.153 e. The van der Waals surface area contributed by atoms with E-state index in [9.17, 15) is 8.42 Å². The van der Waals surface area contributed by atoms with E-state index in [4.69, 9.17) is 4.79 Å². The molecule has 0 bridgehead atoms. The highest BCUT2D eigenvalue weighted by Gasteiger charge is 2.21. The Kier molecular flexibility index (Phi) is 12.1. The highest BCUT2D eigenvalue weighted by atomic mass is 32.2. The molecule has 31 heavy (non-hydrogen) atoms. The molecule has 2 aromatic rings. The molecule has 2 aromatic carbocycles. The lowest BCUT2D eigenvalue weighted by molar-refractivity contribution is -0.0980. The van der Waals surface area contributed by atoms with E-state index in [0.717, 1.165) is 25.2 Å². The molecule has 1 aliphatic heterocycles. The van der Waals surface area contributed by atoms with Crippen molar-refractivity contribution >= 4 is 22.3 Å². The van der Waals surface area contributed by atoms with Crippen LogP contribution in [-0.4, -0.2) is 58.3 Å². The number of sulfone groups is 1. The molecule has 1 aliphatic rings. The number of nitrogens with zero attached hydrogens (tertiary/aromatic N) is 2. The maximum atomic E-state index is 11.5. The van der Waals surface area contributed by atoms with Gasteiger partial charge in [0.1, 0.15) is 6.79 Å². The number of hydrogen-bond donors (Lipinski definition) is 0. The molecule has 0 radical (unpaired) electrons. The number of carbonyl (C=O) groups excluding carboxylic acids is 1. The zero-order valence-corrected chi connectivity index (χ0v) is 20.3.